The second-order valence-corrected chi connectivity index (χ2v) is 4.83. The highest BCUT2D eigenvalue weighted by atomic mass is 16.5. The Hall–Kier alpha value is -2.69. The summed E-state index contributed by atoms with van der Waals surface area (Å²) in [4.78, 5) is 4.23. The molecule has 0 unspecified atom stereocenters. The van der Waals surface area contributed by atoms with Crippen molar-refractivity contribution in [2.75, 3.05) is 13.7 Å². The molecule has 5 heteroatoms. The van der Waals surface area contributed by atoms with Crippen molar-refractivity contribution < 1.29 is 9.84 Å². The summed E-state index contributed by atoms with van der Waals surface area (Å²) in [6.07, 6.45) is 0.876. The predicted molar refractivity (Wildman–Crippen MR) is 88.1 cm³/mol. The van der Waals surface area contributed by atoms with E-state index in [0.29, 0.717) is 30.4 Å². The van der Waals surface area contributed by atoms with Gasteiger partial charge < -0.3 is 20.9 Å². The molecule has 22 heavy (non-hydrogen) atoms. The predicted octanol–water partition coefficient (Wildman–Crippen LogP) is 2.05. The number of hydrogen-bond acceptors (Lipinski definition) is 3. The van der Waals surface area contributed by atoms with Gasteiger partial charge >= 0.3 is 0 Å². The van der Waals surface area contributed by atoms with Crippen molar-refractivity contribution >= 4 is 5.96 Å². The standard InChI is InChI=1S/C17H21N3O2/c1-22-15-9-5-8-14(16(15)21)12-20-17(18)19-11-10-13-6-3-2-4-7-13/h2-9,21H,10-12H2,1H3,(H3,18,19,20). The minimum absolute atomic E-state index is 0.103. The third-order valence-corrected chi connectivity index (χ3v) is 3.28. The molecule has 0 fully saturated rings. The summed E-state index contributed by atoms with van der Waals surface area (Å²) in [5, 5.41) is 13.0. The van der Waals surface area contributed by atoms with Gasteiger partial charge in [0.2, 0.25) is 0 Å². The average molecular weight is 299 g/mol. The first-order chi connectivity index (χ1) is 10.7. The Morgan fingerprint density at radius 2 is 1.95 bits per heavy atom. The molecule has 0 amide bonds. The molecule has 0 aliphatic rings. The Balaban J connectivity index is 1.85. The molecule has 0 spiro atoms. The van der Waals surface area contributed by atoms with E-state index in [1.54, 1.807) is 12.1 Å². The van der Waals surface area contributed by atoms with Gasteiger partial charge in [-0.25, -0.2) is 4.99 Å². The minimum atomic E-state index is 0.103. The fraction of sp³-hybridized carbons (Fsp3) is 0.235. The Kier molecular flexibility index (Phi) is 5.65. The van der Waals surface area contributed by atoms with Gasteiger partial charge in [0.15, 0.2) is 17.5 Å². The first-order valence-corrected chi connectivity index (χ1v) is 7.13. The van der Waals surface area contributed by atoms with Gasteiger partial charge in [-0.15, -0.1) is 0 Å². The van der Waals surface area contributed by atoms with Crippen LogP contribution in [0.25, 0.3) is 0 Å². The van der Waals surface area contributed by atoms with Crippen LogP contribution in [-0.4, -0.2) is 24.7 Å². The molecule has 2 aromatic carbocycles. The number of rotatable bonds is 6. The number of guanidine groups is 1. The van der Waals surface area contributed by atoms with Gasteiger partial charge in [-0.1, -0.05) is 42.5 Å². The highest BCUT2D eigenvalue weighted by Crippen LogP contribution is 2.29. The molecular weight excluding hydrogens is 278 g/mol. The molecule has 2 aromatic rings. The van der Waals surface area contributed by atoms with Gasteiger partial charge in [-0.3, -0.25) is 0 Å². The molecule has 2 rings (SSSR count). The van der Waals surface area contributed by atoms with Crippen molar-refractivity contribution in [2.45, 2.75) is 13.0 Å². The van der Waals surface area contributed by atoms with E-state index >= 15 is 0 Å². The van der Waals surface area contributed by atoms with E-state index in [1.807, 2.05) is 24.3 Å². The maximum absolute atomic E-state index is 9.97. The molecule has 0 aliphatic carbocycles. The highest BCUT2D eigenvalue weighted by Gasteiger charge is 2.06. The third-order valence-electron chi connectivity index (χ3n) is 3.28. The number of ether oxygens (including phenoxy) is 1. The number of hydrogen-bond donors (Lipinski definition) is 3. The van der Waals surface area contributed by atoms with Crippen molar-refractivity contribution in [2.24, 2.45) is 10.7 Å². The van der Waals surface area contributed by atoms with Crippen LogP contribution in [0.4, 0.5) is 0 Å². The Bertz CT molecular complexity index is 627. The monoisotopic (exact) mass is 299 g/mol. The number of para-hydroxylation sites is 1. The van der Waals surface area contributed by atoms with E-state index in [-0.39, 0.29) is 5.75 Å². The second kappa shape index (κ2) is 7.93. The minimum Gasteiger partial charge on any atom is -0.504 e. The first kappa shape index (κ1) is 15.7. The van der Waals surface area contributed by atoms with Crippen LogP contribution in [0.15, 0.2) is 53.5 Å². The normalized spacial score (nSPS) is 11.2. The number of nitrogens with zero attached hydrogens (tertiary/aromatic N) is 1. The summed E-state index contributed by atoms with van der Waals surface area (Å²) in [6, 6.07) is 15.5. The van der Waals surface area contributed by atoms with Gasteiger partial charge in [-0.2, -0.15) is 0 Å². The molecule has 116 valence electrons. The van der Waals surface area contributed by atoms with E-state index in [9.17, 15) is 5.11 Å². The number of methoxy groups -OCH3 is 1. The zero-order valence-electron chi connectivity index (χ0n) is 12.6. The maximum atomic E-state index is 9.97. The van der Waals surface area contributed by atoms with E-state index < -0.39 is 0 Å². The zero-order chi connectivity index (χ0) is 15.8. The zero-order valence-corrected chi connectivity index (χ0v) is 12.6. The molecule has 0 saturated carbocycles. The van der Waals surface area contributed by atoms with E-state index in [0.717, 1.165) is 6.42 Å². The number of aliphatic imine (C=N–C) groups is 1. The van der Waals surface area contributed by atoms with E-state index in [4.69, 9.17) is 10.5 Å². The van der Waals surface area contributed by atoms with E-state index in [1.165, 1.54) is 12.7 Å². The molecule has 5 nitrogen and oxygen atoms in total. The topological polar surface area (TPSA) is 79.9 Å². The second-order valence-electron chi connectivity index (χ2n) is 4.83. The summed E-state index contributed by atoms with van der Waals surface area (Å²) in [6.45, 7) is 1.01. The molecule has 0 atom stereocenters. The average Bonchev–Trinajstić information content (AvgIpc) is 2.55. The van der Waals surface area contributed by atoms with Crippen LogP contribution in [0.5, 0.6) is 11.5 Å². The first-order valence-electron chi connectivity index (χ1n) is 7.13. The summed E-state index contributed by atoms with van der Waals surface area (Å²) < 4.78 is 5.06. The number of phenols is 1. The van der Waals surface area contributed by atoms with Crippen LogP contribution < -0.4 is 15.8 Å². The maximum Gasteiger partial charge on any atom is 0.188 e. The molecule has 0 heterocycles. The van der Waals surface area contributed by atoms with Crippen molar-refractivity contribution in [3.05, 3.63) is 59.7 Å². The molecule has 0 aliphatic heterocycles. The number of nitrogens with two attached hydrogens (primary N) is 1. The van der Waals surface area contributed by atoms with Crippen LogP contribution in [0.1, 0.15) is 11.1 Å². The third kappa shape index (κ3) is 4.41. The van der Waals surface area contributed by atoms with Crippen LogP contribution in [-0.2, 0) is 13.0 Å². The number of aromatic hydroxyl groups is 1. The number of phenolic OH excluding ortho intramolecular Hbond substituents is 1. The Labute approximate surface area is 130 Å². The van der Waals surface area contributed by atoms with Crippen LogP contribution in [0.3, 0.4) is 0 Å². The largest absolute Gasteiger partial charge is 0.504 e. The fourth-order valence-electron chi connectivity index (χ4n) is 2.07. The highest BCUT2D eigenvalue weighted by molar-refractivity contribution is 5.77. The molecule has 0 aromatic heterocycles. The summed E-state index contributed by atoms with van der Waals surface area (Å²) in [5.41, 5.74) is 7.75. The van der Waals surface area contributed by atoms with Gasteiger partial charge in [0, 0.05) is 12.1 Å². The molecule has 0 saturated heterocycles. The lowest BCUT2D eigenvalue weighted by Crippen LogP contribution is -2.33. The number of nitrogens with one attached hydrogen (secondary N) is 1. The van der Waals surface area contributed by atoms with Crippen molar-refractivity contribution in [3.63, 3.8) is 0 Å². The summed E-state index contributed by atoms with van der Waals surface area (Å²) >= 11 is 0. The summed E-state index contributed by atoms with van der Waals surface area (Å²) in [7, 11) is 1.52. The smallest absolute Gasteiger partial charge is 0.188 e. The van der Waals surface area contributed by atoms with Gasteiger partial charge in [0.25, 0.3) is 0 Å². The van der Waals surface area contributed by atoms with Crippen molar-refractivity contribution in [1.29, 1.82) is 0 Å². The van der Waals surface area contributed by atoms with Crippen LogP contribution in [0, 0.1) is 0 Å². The Morgan fingerprint density at radius 3 is 2.68 bits per heavy atom. The molecule has 0 radical (unpaired) electrons. The lowest BCUT2D eigenvalue weighted by molar-refractivity contribution is 0.370. The lowest BCUT2D eigenvalue weighted by Gasteiger charge is -2.08. The van der Waals surface area contributed by atoms with Gasteiger partial charge in [0.05, 0.1) is 13.7 Å². The molecule has 4 N–H and O–H groups in total. The Morgan fingerprint density at radius 1 is 1.18 bits per heavy atom. The van der Waals surface area contributed by atoms with Gasteiger partial charge in [0.1, 0.15) is 0 Å². The van der Waals surface area contributed by atoms with Crippen LogP contribution >= 0.6 is 0 Å². The van der Waals surface area contributed by atoms with Crippen molar-refractivity contribution in [3.8, 4) is 11.5 Å². The number of benzene rings is 2. The van der Waals surface area contributed by atoms with Crippen molar-refractivity contribution in [1.82, 2.24) is 5.32 Å². The summed E-state index contributed by atoms with van der Waals surface area (Å²) in [5.74, 6) is 0.896. The fourth-order valence-corrected chi connectivity index (χ4v) is 2.07. The molecule has 0 bridgehead atoms. The quantitative estimate of drug-likeness (QED) is 0.563. The van der Waals surface area contributed by atoms with E-state index in [2.05, 4.69) is 22.4 Å². The molecular formula is C17H21N3O2. The van der Waals surface area contributed by atoms with Gasteiger partial charge in [-0.05, 0) is 18.1 Å². The SMILES string of the molecule is COc1cccc(CN=C(N)NCCc2ccccc2)c1O. The van der Waals surface area contributed by atoms with Crippen LogP contribution in [0.2, 0.25) is 0 Å². The lowest BCUT2D eigenvalue weighted by atomic mass is 10.1.